The summed E-state index contributed by atoms with van der Waals surface area (Å²) in [5.74, 6) is 2.18. The molecule has 0 bridgehead atoms. The van der Waals surface area contributed by atoms with Crippen molar-refractivity contribution >= 4 is 23.4 Å². The van der Waals surface area contributed by atoms with Gasteiger partial charge in [-0.05, 0) is 24.6 Å². The van der Waals surface area contributed by atoms with Gasteiger partial charge in [0.15, 0.2) is 0 Å². The summed E-state index contributed by atoms with van der Waals surface area (Å²) in [6.07, 6.45) is 5.05. The molecule has 0 aliphatic carbocycles. The molecule has 4 rings (SSSR count). The molecule has 0 saturated carbocycles. The van der Waals surface area contributed by atoms with Crippen LogP contribution in [0, 0.1) is 5.82 Å². The molecule has 2 aromatic heterocycles. The van der Waals surface area contributed by atoms with Gasteiger partial charge in [-0.25, -0.2) is 9.37 Å². The highest BCUT2D eigenvalue weighted by atomic mass is 19.1. The fourth-order valence-corrected chi connectivity index (χ4v) is 3.02. The summed E-state index contributed by atoms with van der Waals surface area (Å²) in [5.41, 5.74) is 0.937. The molecule has 1 fully saturated rings. The molecule has 3 heterocycles. The van der Waals surface area contributed by atoms with Crippen molar-refractivity contribution in [1.29, 1.82) is 0 Å². The van der Waals surface area contributed by atoms with Gasteiger partial charge in [-0.15, -0.1) is 0 Å². The van der Waals surface area contributed by atoms with E-state index in [1.165, 1.54) is 12.1 Å². The van der Waals surface area contributed by atoms with Crippen molar-refractivity contribution in [3.05, 3.63) is 60.3 Å². The van der Waals surface area contributed by atoms with E-state index in [0.29, 0.717) is 17.6 Å². The van der Waals surface area contributed by atoms with Gasteiger partial charge in [0.1, 0.15) is 23.3 Å². The lowest BCUT2D eigenvalue weighted by Crippen LogP contribution is -2.52. The van der Waals surface area contributed by atoms with Gasteiger partial charge in [-0.2, -0.15) is 9.97 Å². The fraction of sp³-hybridized carbons (Fsp3) is 0.300. The predicted molar refractivity (Wildman–Crippen MR) is 109 cm³/mol. The van der Waals surface area contributed by atoms with Gasteiger partial charge in [0.25, 0.3) is 0 Å². The molecule has 9 heteroatoms. The summed E-state index contributed by atoms with van der Waals surface area (Å²) in [4.78, 5) is 19.6. The molecule has 1 aliphatic rings. The Morgan fingerprint density at radius 1 is 1.14 bits per heavy atom. The molecule has 1 aliphatic heterocycles. The quantitative estimate of drug-likeness (QED) is 0.631. The van der Waals surface area contributed by atoms with E-state index in [-0.39, 0.29) is 18.0 Å². The van der Waals surface area contributed by atoms with Gasteiger partial charge in [0.05, 0.1) is 18.3 Å². The number of benzene rings is 1. The third kappa shape index (κ3) is 4.57. The highest BCUT2D eigenvalue weighted by Crippen LogP contribution is 2.26. The first kappa shape index (κ1) is 19.0. The number of nitrogens with zero attached hydrogens (tertiary/aromatic N) is 5. The molecule has 0 amide bonds. The number of ether oxygens (including phenoxy) is 1. The molecule has 150 valence electrons. The number of anilines is 4. The highest BCUT2D eigenvalue weighted by molar-refractivity contribution is 5.60. The Hall–Kier alpha value is -3.33. The molecular weight excluding hydrogens is 373 g/mol. The van der Waals surface area contributed by atoms with Crippen LogP contribution in [-0.4, -0.2) is 46.2 Å². The number of hydrogen-bond acceptors (Lipinski definition) is 8. The zero-order valence-corrected chi connectivity index (χ0v) is 16.2. The van der Waals surface area contributed by atoms with Crippen molar-refractivity contribution in [3.8, 4) is 0 Å². The van der Waals surface area contributed by atoms with Gasteiger partial charge in [0, 0.05) is 38.7 Å². The maximum atomic E-state index is 13.2. The average Bonchev–Trinajstić information content (AvgIpc) is 2.68. The molecule has 1 aromatic carbocycles. The fourth-order valence-electron chi connectivity index (χ4n) is 3.02. The maximum absolute atomic E-state index is 13.2. The van der Waals surface area contributed by atoms with Crippen LogP contribution >= 0.6 is 0 Å². The van der Waals surface area contributed by atoms with Gasteiger partial charge in [-0.3, -0.25) is 4.98 Å². The van der Waals surface area contributed by atoms with Crippen molar-refractivity contribution in [2.45, 2.75) is 19.1 Å². The van der Waals surface area contributed by atoms with Crippen molar-refractivity contribution in [2.24, 2.45) is 0 Å². The highest BCUT2D eigenvalue weighted by Gasteiger charge is 2.28. The lowest BCUT2D eigenvalue weighted by Gasteiger charge is -2.39. The second-order valence-corrected chi connectivity index (χ2v) is 6.83. The van der Waals surface area contributed by atoms with E-state index in [4.69, 9.17) is 4.74 Å². The van der Waals surface area contributed by atoms with E-state index in [1.54, 1.807) is 37.8 Å². The molecule has 1 atom stereocenters. The molecule has 2 N–H and O–H groups in total. The smallest absolute Gasteiger partial charge is 0.227 e. The van der Waals surface area contributed by atoms with E-state index in [0.717, 1.165) is 24.5 Å². The standard InChI is InChI=1S/C20H22FN7O/c1-13(14-3-5-15(21)6-4-14)24-20-26-17(25-18-10-22-7-8-23-18)9-19(27-20)28-11-16(12-28)29-2/h3-10,13,16H,11-12H2,1-2H3,(H2,23,24,25,26,27)/t13-/m0/s1. The monoisotopic (exact) mass is 395 g/mol. The lowest BCUT2D eigenvalue weighted by atomic mass is 10.1. The summed E-state index contributed by atoms with van der Waals surface area (Å²) in [6.45, 7) is 3.51. The van der Waals surface area contributed by atoms with Crippen molar-refractivity contribution in [3.63, 3.8) is 0 Å². The molecule has 0 spiro atoms. The second kappa shape index (κ2) is 8.36. The molecule has 1 saturated heterocycles. The Morgan fingerprint density at radius 3 is 2.62 bits per heavy atom. The molecule has 3 aromatic rings. The number of halogens is 1. The van der Waals surface area contributed by atoms with Crippen LogP contribution in [0.2, 0.25) is 0 Å². The van der Waals surface area contributed by atoms with Gasteiger partial charge in [-0.1, -0.05) is 12.1 Å². The van der Waals surface area contributed by atoms with E-state index >= 15 is 0 Å². The second-order valence-electron chi connectivity index (χ2n) is 6.83. The minimum atomic E-state index is -0.264. The number of hydrogen-bond donors (Lipinski definition) is 2. The normalized spacial score (nSPS) is 14.9. The predicted octanol–water partition coefficient (Wildman–Crippen LogP) is 3.16. The van der Waals surface area contributed by atoms with Crippen LogP contribution in [0.25, 0.3) is 0 Å². The van der Waals surface area contributed by atoms with Crippen LogP contribution in [0.1, 0.15) is 18.5 Å². The molecular formula is C20H22FN7O. The summed E-state index contributed by atoms with van der Waals surface area (Å²) < 4.78 is 18.6. The topological polar surface area (TPSA) is 88.1 Å². The van der Waals surface area contributed by atoms with Crippen LogP contribution in [0.5, 0.6) is 0 Å². The first-order valence-corrected chi connectivity index (χ1v) is 9.32. The Labute approximate surface area is 168 Å². The van der Waals surface area contributed by atoms with Crippen LogP contribution < -0.4 is 15.5 Å². The van der Waals surface area contributed by atoms with Crippen LogP contribution in [0.4, 0.5) is 27.8 Å². The van der Waals surface area contributed by atoms with Crippen LogP contribution in [0.3, 0.4) is 0 Å². The average molecular weight is 395 g/mol. The number of rotatable bonds is 7. The first-order valence-electron chi connectivity index (χ1n) is 9.32. The lowest BCUT2D eigenvalue weighted by molar-refractivity contribution is 0.0783. The first-order chi connectivity index (χ1) is 14.1. The molecule has 8 nitrogen and oxygen atoms in total. The molecule has 29 heavy (non-hydrogen) atoms. The third-order valence-electron chi connectivity index (χ3n) is 4.75. The summed E-state index contributed by atoms with van der Waals surface area (Å²) in [6, 6.07) is 8.14. The summed E-state index contributed by atoms with van der Waals surface area (Å²) in [7, 11) is 1.71. The molecule has 0 radical (unpaired) electrons. The third-order valence-corrected chi connectivity index (χ3v) is 4.75. The maximum Gasteiger partial charge on any atom is 0.227 e. The zero-order valence-electron chi connectivity index (χ0n) is 16.2. The Bertz CT molecular complexity index is 949. The van der Waals surface area contributed by atoms with Crippen molar-refractivity contribution in [2.75, 3.05) is 35.7 Å². The van der Waals surface area contributed by atoms with Gasteiger partial charge in [0.2, 0.25) is 5.95 Å². The molecule has 0 unspecified atom stereocenters. The van der Waals surface area contributed by atoms with Crippen LogP contribution in [0.15, 0.2) is 48.9 Å². The van der Waals surface area contributed by atoms with Crippen molar-refractivity contribution in [1.82, 2.24) is 19.9 Å². The number of aromatic nitrogens is 4. The van der Waals surface area contributed by atoms with E-state index in [2.05, 4.69) is 35.5 Å². The minimum Gasteiger partial charge on any atom is -0.378 e. The van der Waals surface area contributed by atoms with E-state index in [1.807, 2.05) is 13.0 Å². The number of methoxy groups -OCH3 is 1. The summed E-state index contributed by atoms with van der Waals surface area (Å²) >= 11 is 0. The van der Waals surface area contributed by atoms with Crippen LogP contribution in [-0.2, 0) is 4.74 Å². The summed E-state index contributed by atoms with van der Waals surface area (Å²) in [5, 5.41) is 6.46. The minimum absolute atomic E-state index is 0.0988. The Balaban J connectivity index is 1.57. The van der Waals surface area contributed by atoms with Crippen molar-refractivity contribution < 1.29 is 9.13 Å². The number of nitrogens with one attached hydrogen (secondary N) is 2. The van der Waals surface area contributed by atoms with Gasteiger partial charge >= 0.3 is 0 Å². The van der Waals surface area contributed by atoms with E-state index in [9.17, 15) is 4.39 Å². The zero-order chi connectivity index (χ0) is 20.2. The van der Waals surface area contributed by atoms with Gasteiger partial charge < -0.3 is 20.3 Å². The Morgan fingerprint density at radius 2 is 1.93 bits per heavy atom. The Kier molecular flexibility index (Phi) is 5.48. The largest absolute Gasteiger partial charge is 0.378 e. The van der Waals surface area contributed by atoms with E-state index < -0.39 is 0 Å². The SMILES string of the molecule is COC1CN(c2cc(Nc3cnccn3)nc(N[C@@H](C)c3ccc(F)cc3)n2)C1.